The largest absolute Gasteiger partial charge is 1.00 e. The second kappa shape index (κ2) is 3.85. The van der Waals surface area contributed by atoms with Gasteiger partial charge in [-0.25, -0.2) is 0 Å². The summed E-state index contributed by atoms with van der Waals surface area (Å²) in [6.07, 6.45) is -0.405. The molecule has 0 N–H and O–H groups in total. The Bertz CT molecular complexity index is 144. The van der Waals surface area contributed by atoms with Gasteiger partial charge in [-0.15, -0.1) is 0 Å². The van der Waals surface area contributed by atoms with Gasteiger partial charge in [0.2, 0.25) is 0 Å². The Morgan fingerprint density at radius 1 is 1.00 bits per heavy atom. The summed E-state index contributed by atoms with van der Waals surface area (Å²) in [7, 11) is 0. The third-order valence-corrected chi connectivity index (χ3v) is 0.946. The van der Waals surface area contributed by atoms with E-state index >= 15 is 0 Å². The van der Waals surface area contributed by atoms with Crippen LogP contribution >= 0.6 is 0 Å². The van der Waals surface area contributed by atoms with Gasteiger partial charge in [-0.05, 0) is 0 Å². The summed E-state index contributed by atoms with van der Waals surface area (Å²) in [5, 5.41) is 3.03. The SMILES string of the molecule is O=C1CC(=O)[N-]C(=O)C1.[Na+]. The topological polar surface area (TPSA) is 65.3 Å². The second-order valence-corrected chi connectivity index (χ2v) is 1.79. The number of rotatable bonds is 0. The average molecular weight is 149 g/mol. The zero-order valence-corrected chi connectivity index (χ0v) is 7.59. The van der Waals surface area contributed by atoms with Gasteiger partial charge in [-0.3, -0.25) is 4.79 Å². The van der Waals surface area contributed by atoms with Crippen molar-refractivity contribution in [2.45, 2.75) is 12.8 Å². The molecule has 0 aromatic heterocycles. The van der Waals surface area contributed by atoms with Crippen molar-refractivity contribution in [3.05, 3.63) is 5.32 Å². The molecule has 0 saturated carbocycles. The van der Waals surface area contributed by atoms with Gasteiger partial charge in [-0.2, -0.15) is 0 Å². The number of carbonyl (C=O) groups excluding carboxylic acids is 3. The molecule has 0 radical (unpaired) electrons. The van der Waals surface area contributed by atoms with Crippen molar-refractivity contribution in [1.82, 2.24) is 0 Å². The van der Waals surface area contributed by atoms with Crippen LogP contribution < -0.4 is 29.6 Å². The Morgan fingerprint density at radius 2 is 1.40 bits per heavy atom. The zero-order valence-electron chi connectivity index (χ0n) is 5.59. The average Bonchev–Trinajstić information content (AvgIpc) is 1.59. The molecule has 0 aromatic carbocycles. The summed E-state index contributed by atoms with van der Waals surface area (Å²) >= 11 is 0. The van der Waals surface area contributed by atoms with E-state index in [9.17, 15) is 14.4 Å². The van der Waals surface area contributed by atoms with Crippen molar-refractivity contribution in [3.8, 4) is 0 Å². The second-order valence-electron chi connectivity index (χ2n) is 1.79. The maximum atomic E-state index is 10.4. The molecule has 0 atom stereocenters. The Balaban J connectivity index is 0.000000810. The van der Waals surface area contributed by atoms with Crippen LogP contribution in [0.4, 0.5) is 0 Å². The molecular formula is C5H4NNaO3. The summed E-state index contributed by atoms with van der Waals surface area (Å²) < 4.78 is 0. The van der Waals surface area contributed by atoms with Crippen molar-refractivity contribution in [3.63, 3.8) is 0 Å². The van der Waals surface area contributed by atoms with E-state index in [1.807, 2.05) is 0 Å². The Labute approximate surface area is 79.6 Å². The molecule has 4 nitrogen and oxygen atoms in total. The number of hydrogen-bond donors (Lipinski definition) is 0. The minimum Gasteiger partial charge on any atom is -0.595 e. The quantitative estimate of drug-likeness (QED) is 0.207. The van der Waals surface area contributed by atoms with Crippen LogP contribution in [0.15, 0.2) is 0 Å². The molecule has 48 valence electrons. The molecule has 10 heavy (non-hydrogen) atoms. The molecule has 1 aliphatic heterocycles. The van der Waals surface area contributed by atoms with Gasteiger partial charge in [0.05, 0.1) is 11.8 Å². The van der Waals surface area contributed by atoms with E-state index < -0.39 is 11.8 Å². The van der Waals surface area contributed by atoms with Crippen LogP contribution in [0.1, 0.15) is 12.8 Å². The monoisotopic (exact) mass is 149 g/mol. The first kappa shape index (κ1) is 9.81. The molecule has 0 bridgehead atoms. The first-order valence-electron chi connectivity index (χ1n) is 2.47. The number of ketones is 1. The number of carbonyl (C=O) groups is 3. The van der Waals surface area contributed by atoms with Crippen LogP contribution in [-0.2, 0) is 14.4 Å². The Kier molecular flexibility index (Phi) is 3.78. The molecule has 0 aliphatic carbocycles. The minimum absolute atomic E-state index is 0. The van der Waals surface area contributed by atoms with E-state index in [1.54, 1.807) is 0 Å². The summed E-state index contributed by atoms with van der Waals surface area (Å²) in [6, 6.07) is 0. The minimum atomic E-state index is -0.615. The summed E-state index contributed by atoms with van der Waals surface area (Å²) in [4.78, 5) is 30.9. The number of nitrogens with zero attached hydrogens (tertiary/aromatic N) is 1. The zero-order chi connectivity index (χ0) is 6.85. The molecule has 0 unspecified atom stereocenters. The van der Waals surface area contributed by atoms with Crippen LogP contribution in [0.3, 0.4) is 0 Å². The molecule has 0 aromatic rings. The van der Waals surface area contributed by atoms with E-state index in [-0.39, 0.29) is 48.2 Å². The molecule has 1 rings (SSSR count). The van der Waals surface area contributed by atoms with Crippen LogP contribution in [-0.4, -0.2) is 17.6 Å². The maximum absolute atomic E-state index is 10.4. The normalized spacial score (nSPS) is 17.8. The van der Waals surface area contributed by atoms with E-state index in [0.717, 1.165) is 0 Å². The maximum Gasteiger partial charge on any atom is 1.00 e. The summed E-state index contributed by atoms with van der Waals surface area (Å²) in [5.41, 5.74) is 0. The number of hydrogen-bond acceptors (Lipinski definition) is 3. The fourth-order valence-corrected chi connectivity index (χ4v) is 0.618. The van der Waals surface area contributed by atoms with Gasteiger partial charge in [0.25, 0.3) is 0 Å². The van der Waals surface area contributed by atoms with Crippen molar-refractivity contribution < 1.29 is 43.9 Å². The smallest absolute Gasteiger partial charge is 0.595 e. The van der Waals surface area contributed by atoms with Crippen molar-refractivity contribution >= 4 is 17.6 Å². The molecule has 1 saturated heterocycles. The molecule has 2 amide bonds. The predicted octanol–water partition coefficient (Wildman–Crippen LogP) is -3.22. The first-order valence-corrected chi connectivity index (χ1v) is 2.47. The van der Waals surface area contributed by atoms with Crippen LogP contribution in [0.5, 0.6) is 0 Å². The van der Waals surface area contributed by atoms with Crippen LogP contribution in [0.25, 0.3) is 5.32 Å². The molecule has 1 heterocycles. The number of imide groups is 1. The Hall–Kier alpha value is -0.190. The van der Waals surface area contributed by atoms with Crippen LogP contribution in [0.2, 0.25) is 0 Å². The fraction of sp³-hybridized carbons (Fsp3) is 0.400. The van der Waals surface area contributed by atoms with Gasteiger partial charge < -0.3 is 14.9 Å². The molecule has 1 fully saturated rings. The summed E-state index contributed by atoms with van der Waals surface area (Å²) in [5.74, 6) is -1.56. The van der Waals surface area contributed by atoms with Gasteiger partial charge >= 0.3 is 29.6 Å². The van der Waals surface area contributed by atoms with E-state index in [0.29, 0.717) is 0 Å². The summed E-state index contributed by atoms with van der Waals surface area (Å²) in [6.45, 7) is 0. The van der Waals surface area contributed by atoms with E-state index in [4.69, 9.17) is 0 Å². The van der Waals surface area contributed by atoms with Gasteiger partial charge in [0, 0.05) is 12.8 Å². The molecule has 5 heteroatoms. The molecule has 1 aliphatic rings. The van der Waals surface area contributed by atoms with Crippen molar-refractivity contribution in [1.29, 1.82) is 0 Å². The Morgan fingerprint density at radius 3 is 1.70 bits per heavy atom. The van der Waals surface area contributed by atoms with Gasteiger partial charge in [-0.1, -0.05) is 0 Å². The number of amides is 2. The van der Waals surface area contributed by atoms with Crippen molar-refractivity contribution in [2.75, 3.05) is 0 Å². The number of piperidine rings is 1. The predicted molar refractivity (Wildman–Crippen MR) is 27.6 cm³/mol. The first-order chi connectivity index (χ1) is 4.18. The van der Waals surface area contributed by atoms with Crippen LogP contribution in [0, 0.1) is 0 Å². The fourth-order valence-electron chi connectivity index (χ4n) is 0.618. The molecular weight excluding hydrogens is 145 g/mol. The standard InChI is InChI=1S/C5H5NO3.Na/c7-3-1-4(8)6-5(9)2-3;/h1-2H2,(H,6,8,9);/q;+1/p-1. The number of Topliss-reactive ketones (excluding diaryl/α,β-unsaturated/α-hetero) is 1. The van der Waals surface area contributed by atoms with E-state index in [1.165, 1.54) is 0 Å². The third kappa shape index (κ3) is 2.60. The van der Waals surface area contributed by atoms with Crippen molar-refractivity contribution in [2.24, 2.45) is 0 Å². The van der Waals surface area contributed by atoms with Gasteiger partial charge in [0.1, 0.15) is 5.78 Å². The third-order valence-electron chi connectivity index (χ3n) is 0.946. The van der Waals surface area contributed by atoms with E-state index in [2.05, 4.69) is 5.32 Å². The molecule has 0 spiro atoms. The van der Waals surface area contributed by atoms with Gasteiger partial charge in [0.15, 0.2) is 0 Å².